The molecule has 8 heteroatoms. The summed E-state index contributed by atoms with van der Waals surface area (Å²) >= 11 is 0. The molecule has 2 atom stereocenters. The topological polar surface area (TPSA) is 101 Å². The minimum atomic E-state index is -4.46. The predicted octanol–water partition coefficient (Wildman–Crippen LogP) is 2.18. The Morgan fingerprint density at radius 3 is 1.72 bits per heavy atom. The van der Waals surface area contributed by atoms with Crippen molar-refractivity contribution in [1.82, 2.24) is 4.90 Å². The molecule has 0 bridgehead atoms. The molecule has 0 amide bonds. The Bertz CT molecular complexity index is 494. The van der Waals surface area contributed by atoms with Crippen molar-refractivity contribution < 1.29 is 27.7 Å². The van der Waals surface area contributed by atoms with E-state index < -0.39 is 28.1 Å². The number of rotatable bonds is 19. The van der Waals surface area contributed by atoms with E-state index in [1.165, 1.54) is 51.4 Å². The van der Waals surface area contributed by atoms with Gasteiger partial charge in [-0.2, -0.15) is 0 Å². The number of aliphatic hydroxyl groups excluding tert-OH is 2. The third-order valence-corrected chi connectivity index (χ3v) is 5.71. The average molecular weight is 439 g/mol. The van der Waals surface area contributed by atoms with Gasteiger partial charge in [-0.05, 0) is 13.0 Å². The second kappa shape index (κ2) is 15.5. The van der Waals surface area contributed by atoms with E-state index in [1.807, 2.05) is 26.0 Å². The molecule has 0 aliphatic heterocycles. The first-order valence-electron chi connectivity index (χ1n) is 11.3. The molecule has 0 heterocycles. The monoisotopic (exact) mass is 438 g/mol. The van der Waals surface area contributed by atoms with Crippen molar-refractivity contribution in [2.24, 2.45) is 0 Å². The van der Waals surface area contributed by atoms with Crippen molar-refractivity contribution >= 4 is 10.1 Å². The highest BCUT2D eigenvalue weighted by Gasteiger charge is 2.21. The van der Waals surface area contributed by atoms with Crippen molar-refractivity contribution in [3.05, 3.63) is 0 Å². The van der Waals surface area contributed by atoms with Gasteiger partial charge in [0.05, 0.1) is 43.1 Å². The largest absolute Gasteiger partial charge is 0.748 e. The molecule has 176 valence electrons. The third kappa shape index (κ3) is 20.8. The molecule has 0 saturated carbocycles. The molecule has 29 heavy (non-hydrogen) atoms. The Balaban J connectivity index is 4.27. The molecule has 2 N–H and O–H groups in total. The fourth-order valence-corrected chi connectivity index (χ4v) is 4.23. The summed E-state index contributed by atoms with van der Waals surface area (Å²) < 4.78 is 33.3. The first kappa shape index (κ1) is 28.8. The Kier molecular flexibility index (Phi) is 15.4. The fraction of sp³-hybridized carbons (Fsp3) is 1.00. The zero-order valence-electron chi connectivity index (χ0n) is 19.2. The molecule has 7 nitrogen and oxygen atoms in total. The summed E-state index contributed by atoms with van der Waals surface area (Å²) in [4.78, 5) is 1.89. The van der Waals surface area contributed by atoms with Crippen LogP contribution in [-0.4, -0.2) is 97.8 Å². The molecular formula is C21H46N2O5S. The van der Waals surface area contributed by atoms with Gasteiger partial charge in [-0.15, -0.1) is 0 Å². The van der Waals surface area contributed by atoms with E-state index in [1.54, 1.807) is 0 Å². The van der Waals surface area contributed by atoms with Gasteiger partial charge in [-0.1, -0.05) is 64.7 Å². The molecule has 0 fully saturated rings. The van der Waals surface area contributed by atoms with Gasteiger partial charge in [0.15, 0.2) is 0 Å². The van der Waals surface area contributed by atoms with E-state index in [-0.39, 0.29) is 6.54 Å². The minimum absolute atomic E-state index is 0.0904. The summed E-state index contributed by atoms with van der Waals surface area (Å²) in [6.45, 7) is 3.92. The molecule has 0 aromatic rings. The Morgan fingerprint density at radius 1 is 0.828 bits per heavy atom. The average Bonchev–Trinajstić information content (AvgIpc) is 2.52. The van der Waals surface area contributed by atoms with Gasteiger partial charge >= 0.3 is 0 Å². The maximum absolute atomic E-state index is 10.9. The van der Waals surface area contributed by atoms with Crippen LogP contribution in [0.25, 0.3) is 0 Å². The number of nitrogens with zero attached hydrogens (tertiary/aromatic N) is 2. The minimum Gasteiger partial charge on any atom is -0.748 e. The molecule has 2 unspecified atom stereocenters. The number of hydrogen-bond donors (Lipinski definition) is 2. The van der Waals surface area contributed by atoms with Crippen molar-refractivity contribution in [1.29, 1.82) is 0 Å². The zero-order valence-corrected chi connectivity index (χ0v) is 20.0. The number of unbranched alkanes of at least 4 members (excludes halogenated alkanes) is 9. The second-order valence-electron chi connectivity index (χ2n) is 9.45. The van der Waals surface area contributed by atoms with E-state index in [2.05, 4.69) is 6.92 Å². The number of likely N-dealkylation sites (N-methyl/N-ethyl adjacent to an activating group) is 1. The lowest BCUT2D eigenvalue weighted by atomic mass is 10.1. The molecule has 0 saturated heterocycles. The van der Waals surface area contributed by atoms with Crippen LogP contribution in [0.4, 0.5) is 0 Å². The van der Waals surface area contributed by atoms with Crippen LogP contribution >= 0.6 is 0 Å². The first-order chi connectivity index (χ1) is 13.4. The summed E-state index contributed by atoms with van der Waals surface area (Å²) in [5.41, 5.74) is 0. The van der Waals surface area contributed by atoms with Crippen molar-refractivity contribution in [3.8, 4) is 0 Å². The normalized spacial score (nSPS) is 15.0. The van der Waals surface area contributed by atoms with Crippen LogP contribution in [-0.2, 0) is 10.1 Å². The zero-order chi connectivity index (χ0) is 22.3. The predicted molar refractivity (Wildman–Crippen MR) is 118 cm³/mol. The molecule has 0 aliphatic rings. The summed E-state index contributed by atoms with van der Waals surface area (Å²) in [6, 6.07) is 0. The van der Waals surface area contributed by atoms with Gasteiger partial charge in [-0.3, -0.25) is 4.90 Å². The third-order valence-electron chi connectivity index (χ3n) is 4.92. The second-order valence-corrected chi connectivity index (χ2v) is 10.9. The summed E-state index contributed by atoms with van der Waals surface area (Å²) in [5, 5.41) is 20.3. The van der Waals surface area contributed by atoms with Crippen LogP contribution in [0, 0.1) is 0 Å². The molecule has 0 aromatic carbocycles. The van der Waals surface area contributed by atoms with E-state index >= 15 is 0 Å². The molecule has 0 rings (SSSR count). The Hall–Kier alpha value is -0.250. The summed E-state index contributed by atoms with van der Waals surface area (Å²) in [6.07, 6.45) is 10.4. The highest BCUT2D eigenvalue weighted by Crippen LogP contribution is 2.11. The molecular weight excluding hydrogens is 392 g/mol. The van der Waals surface area contributed by atoms with E-state index in [4.69, 9.17) is 0 Å². The van der Waals surface area contributed by atoms with Crippen molar-refractivity contribution in [2.45, 2.75) is 83.3 Å². The number of quaternary nitrogens is 1. The van der Waals surface area contributed by atoms with E-state index in [9.17, 15) is 23.2 Å². The van der Waals surface area contributed by atoms with E-state index in [0.29, 0.717) is 24.1 Å². The molecule has 0 aromatic heterocycles. The smallest absolute Gasteiger partial charge is 0.115 e. The molecule has 0 radical (unpaired) electrons. The Morgan fingerprint density at radius 2 is 1.28 bits per heavy atom. The highest BCUT2D eigenvalue weighted by molar-refractivity contribution is 7.85. The molecule has 0 aliphatic carbocycles. The van der Waals surface area contributed by atoms with Crippen LogP contribution in [0.1, 0.15) is 71.1 Å². The lowest BCUT2D eigenvalue weighted by Gasteiger charge is -2.31. The van der Waals surface area contributed by atoms with Gasteiger partial charge in [0.1, 0.15) is 12.6 Å². The van der Waals surface area contributed by atoms with Gasteiger partial charge < -0.3 is 19.2 Å². The maximum atomic E-state index is 10.9. The van der Waals surface area contributed by atoms with E-state index in [0.717, 1.165) is 12.8 Å². The van der Waals surface area contributed by atoms with Crippen molar-refractivity contribution in [3.63, 3.8) is 0 Å². The quantitative estimate of drug-likeness (QED) is 0.182. The van der Waals surface area contributed by atoms with Gasteiger partial charge in [0.2, 0.25) is 0 Å². The van der Waals surface area contributed by atoms with Gasteiger partial charge in [0.25, 0.3) is 0 Å². The fourth-order valence-electron chi connectivity index (χ4n) is 3.65. The lowest BCUT2D eigenvalue weighted by molar-refractivity contribution is -0.873. The SMILES string of the molecule is CCCCCCCCCCCCN(CC(O)C[N+](C)(C)C)CC(O)CS(=O)(=O)[O-]. The van der Waals surface area contributed by atoms with Crippen LogP contribution in [0.5, 0.6) is 0 Å². The Labute approximate surface area is 179 Å². The standard InChI is InChI=1S/C21H46N2O5S/c1-5-6-7-8-9-10-11-12-13-14-15-22(16-20(24)18-23(2,3)4)17-21(25)19-29(26,27)28/h20-21,24-25H,5-19H2,1-4H3. The van der Waals surface area contributed by atoms with Crippen LogP contribution < -0.4 is 0 Å². The van der Waals surface area contributed by atoms with Crippen LogP contribution in [0.3, 0.4) is 0 Å². The summed E-state index contributed by atoms with van der Waals surface area (Å²) in [5.74, 6) is -0.785. The summed E-state index contributed by atoms with van der Waals surface area (Å²) in [7, 11) is 1.52. The maximum Gasteiger partial charge on any atom is 0.115 e. The van der Waals surface area contributed by atoms with Gasteiger partial charge in [-0.25, -0.2) is 8.42 Å². The highest BCUT2D eigenvalue weighted by atomic mass is 32.2. The van der Waals surface area contributed by atoms with Crippen LogP contribution in [0.2, 0.25) is 0 Å². The van der Waals surface area contributed by atoms with Crippen molar-refractivity contribution in [2.75, 3.05) is 53.1 Å². The van der Waals surface area contributed by atoms with Crippen LogP contribution in [0.15, 0.2) is 0 Å². The number of aliphatic hydroxyl groups is 2. The lowest BCUT2D eigenvalue weighted by Crippen LogP contribution is -2.47. The van der Waals surface area contributed by atoms with Gasteiger partial charge in [0, 0.05) is 13.1 Å². The molecule has 0 spiro atoms. The first-order valence-corrected chi connectivity index (χ1v) is 12.8. The number of hydrogen-bond acceptors (Lipinski definition) is 6.